The van der Waals surface area contributed by atoms with Gasteiger partial charge in [0.05, 0.1) is 5.56 Å². The minimum Gasteiger partial charge on any atom is -0.507 e. The highest BCUT2D eigenvalue weighted by molar-refractivity contribution is 5.96. The number of hydrogen-bond acceptors (Lipinski definition) is 4. The van der Waals surface area contributed by atoms with Crippen molar-refractivity contribution in [2.45, 2.75) is 6.42 Å². The number of allylic oxidation sites excluding steroid dienone is 1. The van der Waals surface area contributed by atoms with E-state index < -0.39 is 0 Å². The van der Waals surface area contributed by atoms with Gasteiger partial charge in [-0.1, -0.05) is 18.2 Å². The molecule has 0 radical (unpaired) electrons. The number of carbonyl (C=O) groups is 1. The Morgan fingerprint density at radius 3 is 2.88 bits per heavy atom. The number of halogens is 1. The lowest BCUT2D eigenvalue weighted by molar-refractivity contribution is -0.282. The Hall–Kier alpha value is -2.96. The summed E-state index contributed by atoms with van der Waals surface area (Å²) in [6.45, 7) is 3.69. The highest BCUT2D eigenvalue weighted by Crippen LogP contribution is 2.32. The molecule has 0 saturated heterocycles. The number of phenolic OH excluding ortho intramolecular Hbond substituents is 1. The fraction of sp³-hybridized carbons (Fsp3) is 0.0556. The van der Waals surface area contributed by atoms with Gasteiger partial charge in [-0.05, 0) is 35.2 Å². The summed E-state index contributed by atoms with van der Waals surface area (Å²) in [5.74, 6) is 5.01. The van der Waals surface area contributed by atoms with Crippen LogP contribution in [0.4, 0.5) is 11.4 Å². The van der Waals surface area contributed by atoms with E-state index in [0.29, 0.717) is 17.5 Å². The summed E-state index contributed by atoms with van der Waals surface area (Å²) in [6, 6.07) is 10.6. The number of rotatable bonds is 4. The smallest absolute Gasteiger partial charge is 0.292 e. The van der Waals surface area contributed by atoms with E-state index in [0.717, 1.165) is 16.9 Å². The molecular weight excluding hydrogens is 340 g/mol. The van der Waals surface area contributed by atoms with Crippen molar-refractivity contribution in [1.82, 2.24) is 5.43 Å². The molecule has 2 aromatic rings. The highest BCUT2D eigenvalue weighted by Gasteiger charge is 2.22. The molecule has 0 spiro atoms. The predicted molar refractivity (Wildman–Crippen MR) is 101 cm³/mol. The molecule has 2 aromatic carbocycles. The molecule has 1 aliphatic heterocycles. The Labute approximate surface area is 151 Å². The molecule has 0 unspecified atom stereocenters. The highest BCUT2D eigenvalue weighted by atomic mass is 35.5. The summed E-state index contributed by atoms with van der Waals surface area (Å²) in [4.78, 5) is 16.0. The van der Waals surface area contributed by atoms with Crippen LogP contribution in [0.2, 0.25) is 0 Å². The van der Waals surface area contributed by atoms with Crippen LogP contribution in [0.15, 0.2) is 54.0 Å². The molecule has 6 nitrogen and oxygen atoms in total. The maximum atomic E-state index is 11.7. The number of fused-ring (bicyclic) bond motifs is 1. The number of aliphatic imine (C=N–C) groups is 1. The van der Waals surface area contributed by atoms with Gasteiger partial charge in [-0.3, -0.25) is 10.2 Å². The van der Waals surface area contributed by atoms with Crippen molar-refractivity contribution in [1.29, 1.82) is 0 Å². The molecule has 0 atom stereocenters. The van der Waals surface area contributed by atoms with Crippen molar-refractivity contribution >= 4 is 42.2 Å². The van der Waals surface area contributed by atoms with E-state index in [1.54, 1.807) is 41.4 Å². The van der Waals surface area contributed by atoms with E-state index >= 15 is 0 Å². The number of para-hydroxylation sites is 1. The van der Waals surface area contributed by atoms with Gasteiger partial charge in [-0.15, -0.1) is 19.0 Å². The molecule has 3 rings (SSSR count). The number of aromatic hydroxyl groups is 1. The van der Waals surface area contributed by atoms with E-state index in [2.05, 4.69) is 17.0 Å². The fourth-order valence-electron chi connectivity index (χ4n) is 2.54. The lowest BCUT2D eigenvalue weighted by Gasteiger charge is -2.05. The third-order valence-corrected chi connectivity index (χ3v) is 3.76. The van der Waals surface area contributed by atoms with Crippen LogP contribution in [-0.2, 0) is 6.42 Å². The zero-order valence-corrected chi connectivity index (χ0v) is 14.2. The maximum absolute atomic E-state index is 11.7. The Morgan fingerprint density at radius 1 is 1.36 bits per heavy atom. The summed E-state index contributed by atoms with van der Waals surface area (Å²) in [7, 11) is 0. The van der Waals surface area contributed by atoms with Crippen LogP contribution >= 0.6 is 12.4 Å². The van der Waals surface area contributed by atoms with Crippen LogP contribution in [0.3, 0.4) is 0 Å². The predicted octanol–water partition coefficient (Wildman–Crippen LogP) is 2.58. The van der Waals surface area contributed by atoms with E-state index in [-0.39, 0.29) is 24.1 Å². The monoisotopic (exact) mass is 357 g/mol. The van der Waals surface area contributed by atoms with E-state index in [1.165, 1.54) is 0 Å². The van der Waals surface area contributed by atoms with Crippen LogP contribution in [0.25, 0.3) is 0 Å². The van der Waals surface area contributed by atoms with Gasteiger partial charge in [0, 0.05) is 11.6 Å². The zero-order valence-electron chi connectivity index (χ0n) is 13.3. The summed E-state index contributed by atoms with van der Waals surface area (Å²) in [5.41, 5.74) is 5.48. The van der Waals surface area contributed by atoms with Crippen LogP contribution < -0.4 is 11.3 Å². The molecule has 0 bridgehead atoms. The Morgan fingerprint density at radius 2 is 2.16 bits per heavy atom. The van der Waals surface area contributed by atoms with Crippen molar-refractivity contribution in [2.75, 3.05) is 0 Å². The van der Waals surface area contributed by atoms with Gasteiger partial charge in [0.1, 0.15) is 12.0 Å². The number of carbonyl (C=O) groups excluding carboxylic acids is 1. The summed E-state index contributed by atoms with van der Waals surface area (Å²) >= 11 is 0. The van der Waals surface area contributed by atoms with Crippen molar-refractivity contribution in [2.24, 2.45) is 10.8 Å². The molecule has 4 N–H and O–H groups in total. The third-order valence-electron chi connectivity index (χ3n) is 3.76. The summed E-state index contributed by atoms with van der Waals surface area (Å²) in [6.07, 6.45) is 5.72. The molecule has 128 valence electrons. The second-order valence-corrected chi connectivity index (χ2v) is 5.31. The molecule has 7 heteroatoms. The molecule has 1 heterocycles. The van der Waals surface area contributed by atoms with Gasteiger partial charge in [-0.2, -0.15) is 4.58 Å². The van der Waals surface area contributed by atoms with Crippen molar-refractivity contribution in [3.63, 3.8) is 0 Å². The summed E-state index contributed by atoms with van der Waals surface area (Å²) in [5, 5.41) is 10.4. The second kappa shape index (κ2) is 7.74. The lowest BCUT2D eigenvalue weighted by atomic mass is 10.1. The number of benzene rings is 2. The van der Waals surface area contributed by atoms with Crippen LogP contribution in [-0.4, -0.2) is 28.1 Å². The van der Waals surface area contributed by atoms with Crippen LogP contribution in [0.5, 0.6) is 5.75 Å². The van der Waals surface area contributed by atoms with Gasteiger partial charge < -0.3 is 5.11 Å². The van der Waals surface area contributed by atoms with E-state index in [1.807, 2.05) is 18.2 Å². The number of hydrogen-bond donors (Lipinski definition) is 3. The lowest BCUT2D eigenvalue weighted by Crippen LogP contribution is -2.29. The molecule has 0 saturated carbocycles. The van der Waals surface area contributed by atoms with Crippen LogP contribution in [0.1, 0.15) is 21.5 Å². The first-order chi connectivity index (χ1) is 11.6. The van der Waals surface area contributed by atoms with E-state index in [9.17, 15) is 9.90 Å². The molecule has 1 amide bonds. The summed E-state index contributed by atoms with van der Waals surface area (Å²) < 4.78 is 1.76. The Balaban J connectivity index is 0.00000225. The topological polar surface area (TPSA) is 90.7 Å². The first-order valence-electron chi connectivity index (χ1n) is 7.38. The minimum atomic E-state index is -0.375. The Bertz CT molecular complexity index is 891. The zero-order chi connectivity index (χ0) is 17.1. The number of amides is 1. The largest absolute Gasteiger partial charge is 0.507 e. The van der Waals surface area contributed by atoms with Gasteiger partial charge >= 0.3 is 0 Å². The van der Waals surface area contributed by atoms with Gasteiger partial charge in [0.2, 0.25) is 5.69 Å². The van der Waals surface area contributed by atoms with Crippen molar-refractivity contribution in [3.05, 3.63) is 65.7 Å². The van der Waals surface area contributed by atoms with Gasteiger partial charge in [-0.25, -0.2) is 5.84 Å². The first kappa shape index (κ1) is 18.4. The first-order valence-corrected chi connectivity index (χ1v) is 7.38. The quantitative estimate of drug-likeness (QED) is 0.258. The molecule has 25 heavy (non-hydrogen) atoms. The van der Waals surface area contributed by atoms with Crippen molar-refractivity contribution in [3.8, 4) is 5.75 Å². The Kier molecular flexibility index (Phi) is 5.69. The number of nitrogens with two attached hydrogens (primary N) is 1. The van der Waals surface area contributed by atoms with Gasteiger partial charge in [0.15, 0.2) is 5.69 Å². The normalized spacial score (nSPS) is 13.2. The molecule has 0 aromatic heterocycles. The molecule has 0 fully saturated rings. The van der Waals surface area contributed by atoms with Crippen LogP contribution in [0, 0.1) is 0 Å². The van der Waals surface area contributed by atoms with Gasteiger partial charge in [0.25, 0.3) is 12.2 Å². The molecule has 0 aliphatic carbocycles. The molecular formula is C18H18ClN4O2+. The standard InChI is InChI=1S/C18H16N4O2.ClH/c1-2-4-12-5-3-6-14(17(12)23)10-22-11-20-15-8-7-13(9-16(15)22)18(24)21-19;/h2-3,5-11H,1,4,19H2,(H,21,24);1H/p+1. The second-order valence-electron chi connectivity index (χ2n) is 5.31. The maximum Gasteiger partial charge on any atom is 0.292 e. The molecule has 1 aliphatic rings. The van der Waals surface area contributed by atoms with E-state index in [4.69, 9.17) is 5.84 Å². The number of phenols is 1. The number of nitrogens with zero attached hydrogens (tertiary/aromatic N) is 2. The fourth-order valence-corrected chi connectivity index (χ4v) is 2.54. The number of nitrogens with one attached hydrogen (secondary N) is 1. The third kappa shape index (κ3) is 3.60. The average molecular weight is 358 g/mol. The van der Waals surface area contributed by atoms with Crippen molar-refractivity contribution < 1.29 is 14.5 Å². The number of hydrazine groups is 1. The average Bonchev–Trinajstić information content (AvgIpc) is 3.00. The SMILES string of the molecule is C=CCc1cccc(C=[N+]2C=Nc3ccc(C(=O)NN)cc32)c1O.Cl. The number of nitrogen functional groups attached to an aromatic ring is 1. The minimum absolute atomic E-state index is 0.